The van der Waals surface area contributed by atoms with Crippen molar-refractivity contribution in [3.05, 3.63) is 12.2 Å². The smallest absolute Gasteiger partial charge is 0.462 e. The minimum absolute atomic E-state index is 0.178. The SMILES string of the molecule is CCCCCC/C=C/CCCCCCCC(=O)O[C@H](COC(=O)CCCCCCCCCCCCCCCCCCCCCC)COP(=O)(O)OC[C@H](O)CO. The summed E-state index contributed by atoms with van der Waals surface area (Å²) in [6.07, 6.45) is 40.4. The van der Waals surface area contributed by atoms with Crippen LogP contribution in [0.25, 0.3) is 0 Å². The number of unbranched alkanes of at least 4 members (excludes halogenated alkanes) is 28. The number of esters is 2. The molecule has 1 unspecified atom stereocenters. The number of phosphoric acid groups is 1. The Morgan fingerprint density at radius 3 is 1.30 bits per heavy atom. The van der Waals surface area contributed by atoms with E-state index in [0.717, 1.165) is 57.8 Å². The van der Waals surface area contributed by atoms with E-state index in [9.17, 15) is 24.2 Å². The molecule has 0 bridgehead atoms. The summed E-state index contributed by atoms with van der Waals surface area (Å²) < 4.78 is 32.7. The third kappa shape index (κ3) is 40.9. The maximum Gasteiger partial charge on any atom is 0.472 e. The maximum absolute atomic E-state index is 12.6. The first kappa shape index (κ1) is 54.7. The van der Waals surface area contributed by atoms with E-state index in [1.165, 1.54) is 128 Å². The molecule has 0 fully saturated rings. The second-order valence-electron chi connectivity index (χ2n) is 15.8. The highest BCUT2D eigenvalue weighted by Crippen LogP contribution is 2.43. The van der Waals surface area contributed by atoms with Crippen LogP contribution in [-0.2, 0) is 32.7 Å². The lowest BCUT2D eigenvalue weighted by atomic mass is 10.0. The standard InChI is InChI=1S/C45H87O10P/c1-3-5-7-9-11-13-15-17-18-19-20-21-22-23-25-26-28-30-32-34-36-44(48)52-40-43(41-54-56(50,51)53-39-42(47)38-46)55-45(49)37-35-33-31-29-27-24-16-14-12-10-8-6-4-2/h14,16,42-43,46-47H,3-13,15,17-41H2,1-2H3,(H,50,51)/b16-14+/t42-,43-/m1/s1. The Balaban J connectivity index is 4.17. The molecule has 0 aromatic heterocycles. The fourth-order valence-electron chi connectivity index (χ4n) is 6.58. The Bertz CT molecular complexity index is 946. The Hall–Kier alpha value is -1.29. The van der Waals surface area contributed by atoms with Gasteiger partial charge in [0.05, 0.1) is 19.8 Å². The summed E-state index contributed by atoms with van der Waals surface area (Å²) in [5, 5.41) is 18.3. The van der Waals surface area contributed by atoms with Crippen LogP contribution >= 0.6 is 7.82 Å². The second kappa shape index (κ2) is 41.9. The zero-order chi connectivity index (χ0) is 41.2. The number of aliphatic hydroxyl groups excluding tert-OH is 2. The Labute approximate surface area is 343 Å². The summed E-state index contributed by atoms with van der Waals surface area (Å²) in [6, 6.07) is 0. The van der Waals surface area contributed by atoms with Gasteiger partial charge in [-0.3, -0.25) is 18.6 Å². The molecule has 0 saturated heterocycles. The molecule has 0 aromatic carbocycles. The third-order valence-electron chi connectivity index (χ3n) is 10.2. The molecular weight excluding hydrogens is 731 g/mol. The van der Waals surface area contributed by atoms with Crippen molar-refractivity contribution in [1.82, 2.24) is 0 Å². The van der Waals surface area contributed by atoms with Crippen LogP contribution in [0.2, 0.25) is 0 Å². The van der Waals surface area contributed by atoms with Gasteiger partial charge in [-0.2, -0.15) is 0 Å². The Morgan fingerprint density at radius 1 is 0.518 bits per heavy atom. The molecule has 0 spiro atoms. The average Bonchev–Trinajstić information content (AvgIpc) is 3.19. The van der Waals surface area contributed by atoms with Gasteiger partial charge < -0.3 is 24.6 Å². The van der Waals surface area contributed by atoms with Crippen molar-refractivity contribution < 1.29 is 47.8 Å². The maximum atomic E-state index is 12.6. The first-order valence-electron chi connectivity index (χ1n) is 23.1. The van der Waals surface area contributed by atoms with Gasteiger partial charge in [0.25, 0.3) is 0 Å². The molecule has 0 amide bonds. The van der Waals surface area contributed by atoms with Gasteiger partial charge in [-0.1, -0.05) is 187 Å². The Morgan fingerprint density at radius 2 is 0.875 bits per heavy atom. The number of carbonyl (C=O) groups excluding carboxylic acids is 2. The normalized spacial score (nSPS) is 13.9. The minimum Gasteiger partial charge on any atom is -0.462 e. The van der Waals surface area contributed by atoms with Crippen molar-refractivity contribution in [3.63, 3.8) is 0 Å². The first-order chi connectivity index (χ1) is 27.2. The second-order valence-corrected chi connectivity index (χ2v) is 17.2. The zero-order valence-electron chi connectivity index (χ0n) is 36.1. The van der Waals surface area contributed by atoms with Gasteiger partial charge in [-0.25, -0.2) is 4.57 Å². The summed E-state index contributed by atoms with van der Waals surface area (Å²) in [7, 11) is -4.61. The van der Waals surface area contributed by atoms with E-state index in [1.807, 2.05) is 0 Å². The third-order valence-corrected chi connectivity index (χ3v) is 11.1. The average molecular weight is 819 g/mol. The quantitative estimate of drug-likeness (QED) is 0.0235. The van der Waals surface area contributed by atoms with Crippen LogP contribution in [0, 0.1) is 0 Å². The lowest BCUT2D eigenvalue weighted by molar-refractivity contribution is -0.161. The molecule has 0 rings (SSSR count). The highest BCUT2D eigenvalue weighted by molar-refractivity contribution is 7.47. The summed E-state index contributed by atoms with van der Waals surface area (Å²) in [5.41, 5.74) is 0. The van der Waals surface area contributed by atoms with Crippen LogP contribution < -0.4 is 0 Å². The van der Waals surface area contributed by atoms with Gasteiger partial charge in [0.1, 0.15) is 12.7 Å². The molecule has 0 aromatic rings. The first-order valence-corrected chi connectivity index (χ1v) is 24.6. The molecule has 0 aliphatic heterocycles. The largest absolute Gasteiger partial charge is 0.472 e. The number of hydrogen-bond donors (Lipinski definition) is 3. The molecular formula is C45H87O10P. The van der Waals surface area contributed by atoms with Crippen LogP contribution in [0.5, 0.6) is 0 Å². The van der Waals surface area contributed by atoms with E-state index < -0.39 is 51.8 Å². The van der Waals surface area contributed by atoms with Crippen LogP contribution in [0.15, 0.2) is 12.2 Å². The zero-order valence-corrected chi connectivity index (χ0v) is 37.0. The van der Waals surface area contributed by atoms with E-state index in [1.54, 1.807) is 0 Å². The van der Waals surface area contributed by atoms with Gasteiger partial charge in [0.2, 0.25) is 0 Å². The van der Waals surface area contributed by atoms with Crippen molar-refractivity contribution in [3.8, 4) is 0 Å². The van der Waals surface area contributed by atoms with Gasteiger partial charge in [0.15, 0.2) is 6.10 Å². The summed E-state index contributed by atoms with van der Waals surface area (Å²) in [6.45, 7) is 2.39. The molecule has 0 aliphatic rings. The van der Waals surface area contributed by atoms with Crippen molar-refractivity contribution in [1.29, 1.82) is 0 Å². The number of hydrogen-bond acceptors (Lipinski definition) is 9. The summed E-state index contributed by atoms with van der Waals surface area (Å²) >= 11 is 0. The van der Waals surface area contributed by atoms with E-state index in [0.29, 0.717) is 12.8 Å². The topological polar surface area (TPSA) is 149 Å². The number of ether oxygens (including phenoxy) is 2. The number of allylic oxidation sites excluding steroid dienone is 2. The lowest BCUT2D eigenvalue weighted by Crippen LogP contribution is -2.29. The van der Waals surface area contributed by atoms with E-state index in [2.05, 4.69) is 26.0 Å². The molecule has 10 nitrogen and oxygen atoms in total. The van der Waals surface area contributed by atoms with Crippen LogP contribution in [0.3, 0.4) is 0 Å². The number of aliphatic hydroxyl groups is 2. The predicted octanol–water partition coefficient (Wildman–Crippen LogP) is 12.4. The molecule has 332 valence electrons. The number of phosphoric ester groups is 1. The summed E-state index contributed by atoms with van der Waals surface area (Å²) in [4.78, 5) is 35.0. The highest BCUT2D eigenvalue weighted by atomic mass is 31.2. The van der Waals surface area contributed by atoms with Crippen molar-refractivity contribution in [2.75, 3.05) is 26.4 Å². The highest BCUT2D eigenvalue weighted by Gasteiger charge is 2.27. The minimum atomic E-state index is -4.61. The molecule has 0 heterocycles. The van der Waals surface area contributed by atoms with E-state index >= 15 is 0 Å². The number of carbonyl (C=O) groups is 2. The van der Waals surface area contributed by atoms with Gasteiger partial charge in [-0.05, 0) is 38.5 Å². The molecule has 0 saturated carbocycles. The molecule has 0 aliphatic carbocycles. The molecule has 3 N–H and O–H groups in total. The molecule has 56 heavy (non-hydrogen) atoms. The monoisotopic (exact) mass is 819 g/mol. The lowest BCUT2D eigenvalue weighted by Gasteiger charge is -2.20. The van der Waals surface area contributed by atoms with Gasteiger partial charge in [-0.15, -0.1) is 0 Å². The number of rotatable bonds is 44. The van der Waals surface area contributed by atoms with Gasteiger partial charge >= 0.3 is 19.8 Å². The van der Waals surface area contributed by atoms with Gasteiger partial charge in [0, 0.05) is 12.8 Å². The van der Waals surface area contributed by atoms with Crippen LogP contribution in [0.4, 0.5) is 0 Å². The van der Waals surface area contributed by atoms with Crippen molar-refractivity contribution >= 4 is 19.8 Å². The van der Waals surface area contributed by atoms with Crippen molar-refractivity contribution in [2.45, 2.75) is 238 Å². The van der Waals surface area contributed by atoms with E-state index in [4.69, 9.17) is 23.6 Å². The molecule has 0 radical (unpaired) electrons. The predicted molar refractivity (Wildman–Crippen MR) is 229 cm³/mol. The van der Waals surface area contributed by atoms with E-state index in [-0.39, 0.29) is 19.4 Å². The molecule has 3 atom stereocenters. The fraction of sp³-hybridized carbons (Fsp3) is 0.911. The van der Waals surface area contributed by atoms with Crippen LogP contribution in [-0.4, -0.2) is 65.7 Å². The Kier molecular flexibility index (Phi) is 40.9. The fourth-order valence-corrected chi connectivity index (χ4v) is 7.37. The molecule has 11 heteroatoms. The summed E-state index contributed by atoms with van der Waals surface area (Å²) in [5.74, 6) is -0.923. The van der Waals surface area contributed by atoms with Crippen LogP contribution in [0.1, 0.15) is 226 Å². The van der Waals surface area contributed by atoms with Crippen molar-refractivity contribution in [2.24, 2.45) is 0 Å².